The first-order valence-electron chi connectivity index (χ1n) is 9.48. The maximum absolute atomic E-state index is 12.5. The van der Waals surface area contributed by atoms with Crippen molar-refractivity contribution in [2.24, 2.45) is 5.41 Å². The maximum Gasteiger partial charge on any atom is 0.317 e. The zero-order chi connectivity index (χ0) is 17.3. The predicted molar refractivity (Wildman–Crippen MR) is 92.9 cm³/mol. The third-order valence-corrected chi connectivity index (χ3v) is 6.55. The van der Waals surface area contributed by atoms with Gasteiger partial charge in [0, 0.05) is 43.6 Å². The highest BCUT2D eigenvalue weighted by molar-refractivity contribution is 5.74. The molecule has 3 fully saturated rings. The molecule has 4 atom stereocenters. The molecule has 0 aromatic rings. The summed E-state index contributed by atoms with van der Waals surface area (Å²) in [5.74, 6) is 0. The van der Waals surface area contributed by atoms with Gasteiger partial charge < -0.3 is 25.0 Å². The molecule has 0 radical (unpaired) electrons. The molecule has 2 aliphatic carbocycles. The Morgan fingerprint density at radius 1 is 1.29 bits per heavy atom. The van der Waals surface area contributed by atoms with Gasteiger partial charge in [0.15, 0.2) is 0 Å². The summed E-state index contributed by atoms with van der Waals surface area (Å²) in [5, 5.41) is 13.5. The molecule has 3 rings (SSSR count). The van der Waals surface area contributed by atoms with E-state index in [-0.39, 0.29) is 23.7 Å². The van der Waals surface area contributed by atoms with Crippen LogP contribution >= 0.6 is 0 Å². The number of hydrogen-bond donors (Lipinski definition) is 2. The zero-order valence-electron chi connectivity index (χ0n) is 15.3. The smallest absolute Gasteiger partial charge is 0.317 e. The van der Waals surface area contributed by atoms with Crippen LogP contribution in [-0.4, -0.2) is 79.0 Å². The summed E-state index contributed by atoms with van der Waals surface area (Å²) in [6, 6.07) is 0.944. The molecular weight excluding hydrogens is 306 g/mol. The quantitative estimate of drug-likeness (QED) is 0.813. The van der Waals surface area contributed by atoms with Gasteiger partial charge in [-0.1, -0.05) is 0 Å². The van der Waals surface area contributed by atoms with Gasteiger partial charge in [-0.05, 0) is 53.1 Å². The predicted octanol–water partition coefficient (Wildman–Crippen LogP) is 1.43. The van der Waals surface area contributed by atoms with E-state index in [1.807, 2.05) is 11.8 Å². The summed E-state index contributed by atoms with van der Waals surface area (Å²) in [5.41, 5.74) is -0.115. The summed E-state index contributed by atoms with van der Waals surface area (Å²) < 4.78 is 5.80. The first-order valence-corrected chi connectivity index (χ1v) is 9.48. The Bertz CT molecular complexity index is 447. The molecule has 0 aromatic carbocycles. The van der Waals surface area contributed by atoms with Crippen molar-refractivity contribution in [2.45, 2.75) is 69.7 Å². The van der Waals surface area contributed by atoms with E-state index in [1.54, 1.807) is 0 Å². The van der Waals surface area contributed by atoms with Crippen LogP contribution in [0.2, 0.25) is 0 Å². The molecule has 24 heavy (non-hydrogen) atoms. The number of amides is 2. The highest BCUT2D eigenvalue weighted by atomic mass is 16.5. The van der Waals surface area contributed by atoms with E-state index in [4.69, 9.17) is 4.74 Å². The van der Waals surface area contributed by atoms with Gasteiger partial charge in [-0.2, -0.15) is 0 Å². The molecule has 0 aromatic heterocycles. The van der Waals surface area contributed by atoms with Crippen molar-refractivity contribution < 1.29 is 14.6 Å². The molecular formula is C18H33N3O3. The van der Waals surface area contributed by atoms with Crippen molar-refractivity contribution in [1.82, 2.24) is 15.1 Å². The lowest BCUT2D eigenvalue weighted by atomic mass is 9.58. The monoisotopic (exact) mass is 339 g/mol. The van der Waals surface area contributed by atoms with Crippen LogP contribution in [0.15, 0.2) is 0 Å². The summed E-state index contributed by atoms with van der Waals surface area (Å²) in [6.45, 7) is 4.13. The fourth-order valence-electron chi connectivity index (χ4n) is 4.77. The minimum Gasteiger partial charge on any atom is -0.392 e. The van der Waals surface area contributed by atoms with E-state index in [9.17, 15) is 9.90 Å². The van der Waals surface area contributed by atoms with Crippen LogP contribution in [0.1, 0.15) is 45.4 Å². The number of piperidine rings is 1. The molecule has 1 heterocycles. The molecule has 0 unspecified atom stereocenters. The van der Waals surface area contributed by atoms with Crippen LogP contribution in [0.5, 0.6) is 0 Å². The summed E-state index contributed by atoms with van der Waals surface area (Å²) >= 11 is 0. The lowest BCUT2D eigenvalue weighted by Crippen LogP contribution is -2.63. The van der Waals surface area contributed by atoms with Crippen molar-refractivity contribution in [3.63, 3.8) is 0 Å². The molecule has 0 bridgehead atoms. The number of carbonyl (C=O) groups excluding carboxylic acids is 1. The topological polar surface area (TPSA) is 65.0 Å². The Kier molecular flexibility index (Phi) is 5.37. The standard InChI is InChI=1S/C18H33N3O3/c1-4-24-16-12-15(22)18(16)7-9-21(10-8-18)17(23)19-13-5-6-14(11-13)20(2)3/h13-16,22H,4-12H2,1-3H3,(H,19,23)/t13-,14-,15-,16+/m0/s1. The second-order valence-corrected chi connectivity index (χ2v) is 7.99. The second-order valence-electron chi connectivity index (χ2n) is 7.99. The van der Waals surface area contributed by atoms with E-state index in [0.29, 0.717) is 18.7 Å². The normalized spacial score (nSPS) is 35.3. The largest absolute Gasteiger partial charge is 0.392 e. The third kappa shape index (κ3) is 3.28. The number of urea groups is 1. The summed E-state index contributed by atoms with van der Waals surface area (Å²) in [7, 11) is 4.22. The van der Waals surface area contributed by atoms with Gasteiger partial charge in [0.05, 0.1) is 12.2 Å². The van der Waals surface area contributed by atoms with Crippen LogP contribution in [0.3, 0.4) is 0 Å². The molecule has 138 valence electrons. The van der Waals surface area contributed by atoms with E-state index in [1.165, 1.54) is 0 Å². The van der Waals surface area contributed by atoms with E-state index in [0.717, 1.165) is 51.6 Å². The minimum atomic E-state index is -0.269. The fourth-order valence-corrected chi connectivity index (χ4v) is 4.77. The van der Waals surface area contributed by atoms with E-state index < -0.39 is 0 Å². The average Bonchev–Trinajstić information content (AvgIpc) is 3.03. The number of carbonyl (C=O) groups is 1. The number of nitrogens with zero attached hydrogens (tertiary/aromatic N) is 2. The van der Waals surface area contributed by atoms with Gasteiger partial charge in [0.1, 0.15) is 0 Å². The molecule has 6 nitrogen and oxygen atoms in total. The lowest BCUT2D eigenvalue weighted by molar-refractivity contribution is -0.207. The molecule has 1 aliphatic heterocycles. The van der Waals surface area contributed by atoms with Crippen LogP contribution in [0.4, 0.5) is 4.79 Å². The first-order chi connectivity index (χ1) is 11.5. The molecule has 6 heteroatoms. The van der Waals surface area contributed by atoms with Crippen LogP contribution in [0, 0.1) is 5.41 Å². The van der Waals surface area contributed by atoms with Gasteiger partial charge in [0.25, 0.3) is 0 Å². The molecule has 2 amide bonds. The molecule has 3 aliphatic rings. The lowest BCUT2D eigenvalue weighted by Gasteiger charge is -2.56. The van der Waals surface area contributed by atoms with E-state index >= 15 is 0 Å². The highest BCUT2D eigenvalue weighted by Crippen LogP contribution is 2.50. The Morgan fingerprint density at radius 2 is 2.00 bits per heavy atom. The number of hydrogen-bond acceptors (Lipinski definition) is 4. The maximum atomic E-state index is 12.5. The number of aliphatic hydroxyl groups excluding tert-OH is 1. The van der Waals surface area contributed by atoms with Crippen LogP contribution in [0.25, 0.3) is 0 Å². The van der Waals surface area contributed by atoms with E-state index in [2.05, 4.69) is 24.3 Å². The van der Waals surface area contributed by atoms with Crippen molar-refractivity contribution >= 4 is 6.03 Å². The van der Waals surface area contributed by atoms with Gasteiger partial charge in [-0.25, -0.2) is 4.79 Å². The molecule has 1 spiro atoms. The average molecular weight is 339 g/mol. The number of rotatable bonds is 4. The van der Waals surface area contributed by atoms with Crippen molar-refractivity contribution in [1.29, 1.82) is 0 Å². The third-order valence-electron chi connectivity index (χ3n) is 6.55. The molecule has 1 saturated heterocycles. The number of nitrogens with one attached hydrogen (secondary N) is 1. The fraction of sp³-hybridized carbons (Fsp3) is 0.944. The van der Waals surface area contributed by atoms with Gasteiger partial charge in [-0.3, -0.25) is 0 Å². The Balaban J connectivity index is 1.47. The Labute approximate surface area is 145 Å². The van der Waals surface area contributed by atoms with Gasteiger partial charge in [0.2, 0.25) is 0 Å². The molecule has 2 saturated carbocycles. The van der Waals surface area contributed by atoms with Crippen LogP contribution in [-0.2, 0) is 4.74 Å². The second kappa shape index (κ2) is 7.18. The molecule has 2 N–H and O–H groups in total. The summed E-state index contributed by atoms with van der Waals surface area (Å²) in [4.78, 5) is 16.7. The Hall–Kier alpha value is -0.850. The van der Waals surface area contributed by atoms with Crippen molar-refractivity contribution in [2.75, 3.05) is 33.8 Å². The van der Waals surface area contributed by atoms with Gasteiger partial charge in [-0.15, -0.1) is 0 Å². The first kappa shape index (κ1) is 18.0. The number of ether oxygens (including phenoxy) is 1. The number of likely N-dealkylation sites (tertiary alicyclic amines) is 1. The van der Waals surface area contributed by atoms with Crippen molar-refractivity contribution in [3.05, 3.63) is 0 Å². The zero-order valence-corrected chi connectivity index (χ0v) is 15.3. The van der Waals surface area contributed by atoms with Gasteiger partial charge >= 0.3 is 6.03 Å². The van der Waals surface area contributed by atoms with Crippen LogP contribution < -0.4 is 5.32 Å². The number of aliphatic hydroxyl groups is 1. The minimum absolute atomic E-state index is 0.0658. The summed E-state index contributed by atoms with van der Waals surface area (Å²) in [6.07, 6.45) is 5.60. The highest BCUT2D eigenvalue weighted by Gasteiger charge is 2.56. The SMILES string of the molecule is CCO[C@@H]1C[C@H](O)C12CCN(C(=O)N[C@H]1CC[C@H](N(C)C)C1)CC2. The van der Waals surface area contributed by atoms with Crippen molar-refractivity contribution in [3.8, 4) is 0 Å². The Morgan fingerprint density at radius 3 is 2.54 bits per heavy atom.